The number of nitrogens with zero attached hydrogens (tertiary/aromatic N) is 4. The number of phenolic OH excluding ortho intramolecular Hbond substituents is 1. The van der Waals surface area contributed by atoms with Gasteiger partial charge < -0.3 is 5.11 Å². The molecule has 0 radical (unpaired) electrons. The highest BCUT2D eigenvalue weighted by molar-refractivity contribution is 9.10. The molecule has 0 unspecified atom stereocenters. The first-order chi connectivity index (χ1) is 11.6. The van der Waals surface area contributed by atoms with Crippen molar-refractivity contribution in [3.8, 4) is 5.75 Å². The molecule has 0 atom stereocenters. The molecule has 120 valence electrons. The van der Waals surface area contributed by atoms with Crippen LogP contribution in [0.15, 0.2) is 69.1 Å². The van der Waals surface area contributed by atoms with Crippen LogP contribution < -0.4 is 10.4 Å². The van der Waals surface area contributed by atoms with Crippen LogP contribution in [0.4, 0.5) is 5.69 Å². The van der Waals surface area contributed by atoms with Gasteiger partial charge in [-0.15, -0.1) is 0 Å². The van der Waals surface area contributed by atoms with Crippen molar-refractivity contribution >= 4 is 45.4 Å². The highest BCUT2D eigenvalue weighted by Gasteiger charge is 2.25. The SMILES string of the molecule is Oc1c(Br)cc(Cl)cc1N1C=C2N=C(c3ccccc3)NN2C=N1. The van der Waals surface area contributed by atoms with Gasteiger partial charge >= 0.3 is 0 Å². The molecule has 0 amide bonds. The highest BCUT2D eigenvalue weighted by atomic mass is 79.9. The molecule has 2 N–H and O–H groups in total. The van der Waals surface area contributed by atoms with Gasteiger partial charge in [-0.05, 0) is 28.1 Å². The molecule has 0 spiro atoms. The molecular weight excluding hydrogens is 394 g/mol. The minimum absolute atomic E-state index is 0.0556. The summed E-state index contributed by atoms with van der Waals surface area (Å²) >= 11 is 9.34. The van der Waals surface area contributed by atoms with Crippen molar-refractivity contribution in [1.82, 2.24) is 10.4 Å². The first-order valence-electron chi connectivity index (χ1n) is 7.05. The standard InChI is InChI=1S/C16H11BrClN5O/c17-12-6-11(18)7-13(15(12)24)22-8-14-20-16(21-23(14)9-19-22)10-4-2-1-3-5-10/h1-9,24H,(H,20,21). The molecule has 2 aliphatic rings. The Balaban J connectivity index is 1.70. The van der Waals surface area contributed by atoms with Gasteiger partial charge in [0.05, 0.1) is 10.7 Å². The van der Waals surface area contributed by atoms with E-state index in [1.54, 1.807) is 29.7 Å². The molecule has 0 aromatic heterocycles. The minimum atomic E-state index is 0.0556. The lowest BCUT2D eigenvalue weighted by Gasteiger charge is -2.24. The molecule has 2 heterocycles. The Kier molecular flexibility index (Phi) is 3.66. The van der Waals surface area contributed by atoms with Gasteiger partial charge in [0.25, 0.3) is 0 Å². The van der Waals surface area contributed by atoms with E-state index in [1.807, 2.05) is 30.3 Å². The second kappa shape index (κ2) is 5.85. The second-order valence-electron chi connectivity index (χ2n) is 5.13. The molecular formula is C16H11BrClN5O. The third-order valence-corrected chi connectivity index (χ3v) is 4.35. The van der Waals surface area contributed by atoms with Crippen molar-refractivity contribution in [2.24, 2.45) is 10.1 Å². The van der Waals surface area contributed by atoms with Crippen LogP contribution in [0.5, 0.6) is 5.75 Å². The number of hydrazine groups is 1. The van der Waals surface area contributed by atoms with E-state index < -0.39 is 0 Å². The van der Waals surface area contributed by atoms with E-state index in [1.165, 1.54) is 5.01 Å². The van der Waals surface area contributed by atoms with Gasteiger partial charge in [0, 0.05) is 10.6 Å². The van der Waals surface area contributed by atoms with Gasteiger partial charge in [-0.1, -0.05) is 41.9 Å². The average molecular weight is 405 g/mol. The average Bonchev–Trinajstić information content (AvgIpc) is 3.02. The number of nitrogens with one attached hydrogen (secondary N) is 1. The van der Waals surface area contributed by atoms with Crippen LogP contribution in [0.2, 0.25) is 5.02 Å². The van der Waals surface area contributed by atoms with Crippen LogP contribution in [0.3, 0.4) is 0 Å². The summed E-state index contributed by atoms with van der Waals surface area (Å²) in [5, 5.41) is 18.2. The summed E-state index contributed by atoms with van der Waals surface area (Å²) in [4.78, 5) is 4.56. The second-order valence-corrected chi connectivity index (χ2v) is 6.42. The number of aromatic hydroxyl groups is 1. The normalized spacial score (nSPS) is 15.8. The summed E-state index contributed by atoms with van der Waals surface area (Å²) in [5.74, 6) is 1.44. The van der Waals surface area contributed by atoms with Crippen LogP contribution >= 0.6 is 27.5 Å². The fraction of sp³-hybridized carbons (Fsp3) is 0. The summed E-state index contributed by atoms with van der Waals surface area (Å²) in [6.07, 6.45) is 3.30. The molecule has 0 bridgehead atoms. The lowest BCUT2D eigenvalue weighted by Crippen LogP contribution is -2.37. The van der Waals surface area contributed by atoms with Crippen molar-refractivity contribution in [3.05, 3.63) is 69.5 Å². The Morgan fingerprint density at radius 2 is 1.96 bits per heavy atom. The van der Waals surface area contributed by atoms with Crippen LogP contribution in [0, 0.1) is 0 Å². The summed E-state index contributed by atoms with van der Waals surface area (Å²) in [5.41, 5.74) is 4.59. The third kappa shape index (κ3) is 2.61. The third-order valence-electron chi connectivity index (χ3n) is 3.53. The summed E-state index contributed by atoms with van der Waals surface area (Å²) in [6.45, 7) is 0. The molecule has 4 rings (SSSR count). The quantitative estimate of drug-likeness (QED) is 0.802. The first kappa shape index (κ1) is 15.0. The summed E-state index contributed by atoms with van der Waals surface area (Å²) < 4.78 is 0.499. The van der Waals surface area contributed by atoms with Gasteiger partial charge in [0.1, 0.15) is 12.0 Å². The number of amidine groups is 1. The number of rotatable bonds is 2. The maximum absolute atomic E-state index is 10.2. The maximum Gasteiger partial charge on any atom is 0.173 e. The molecule has 0 fully saturated rings. The maximum atomic E-state index is 10.2. The molecule has 2 aliphatic heterocycles. The van der Waals surface area contributed by atoms with Crippen molar-refractivity contribution in [2.75, 3.05) is 5.01 Å². The molecule has 2 aromatic carbocycles. The van der Waals surface area contributed by atoms with Gasteiger partial charge in [0.15, 0.2) is 17.4 Å². The summed E-state index contributed by atoms with van der Waals surface area (Å²) in [6, 6.07) is 13.1. The Hall–Kier alpha value is -2.51. The number of phenols is 1. The number of anilines is 1. The largest absolute Gasteiger partial charge is 0.505 e. The van der Waals surface area contributed by atoms with Crippen LogP contribution in [-0.2, 0) is 0 Å². The van der Waals surface area contributed by atoms with Crippen molar-refractivity contribution in [1.29, 1.82) is 0 Å². The predicted octanol–water partition coefficient (Wildman–Crippen LogP) is 3.64. The van der Waals surface area contributed by atoms with Crippen LogP contribution in [-0.4, -0.2) is 22.3 Å². The lowest BCUT2D eigenvalue weighted by molar-refractivity contribution is 0.469. The van der Waals surface area contributed by atoms with E-state index in [2.05, 4.69) is 31.4 Å². The smallest absolute Gasteiger partial charge is 0.173 e. The number of fused-ring (bicyclic) bond motifs is 1. The zero-order chi connectivity index (χ0) is 16.7. The highest BCUT2D eigenvalue weighted by Crippen LogP contribution is 2.39. The fourth-order valence-electron chi connectivity index (χ4n) is 2.38. The Labute approximate surface area is 151 Å². The molecule has 0 aliphatic carbocycles. The number of halogens is 2. The molecule has 6 nitrogen and oxygen atoms in total. The molecule has 2 aromatic rings. The van der Waals surface area contributed by atoms with Crippen molar-refractivity contribution in [3.63, 3.8) is 0 Å². The number of benzene rings is 2. The van der Waals surface area contributed by atoms with Gasteiger partial charge in [-0.25, -0.2) is 15.0 Å². The molecule has 0 saturated carbocycles. The minimum Gasteiger partial charge on any atom is -0.505 e. The zero-order valence-electron chi connectivity index (χ0n) is 12.2. The van der Waals surface area contributed by atoms with Crippen LogP contribution in [0.25, 0.3) is 0 Å². The number of hydrogen-bond acceptors (Lipinski definition) is 6. The van der Waals surface area contributed by atoms with Gasteiger partial charge in [0.2, 0.25) is 0 Å². The van der Waals surface area contributed by atoms with E-state index in [-0.39, 0.29) is 5.75 Å². The van der Waals surface area contributed by atoms with Gasteiger partial charge in [-0.2, -0.15) is 5.10 Å². The number of hydrazone groups is 1. The van der Waals surface area contributed by atoms with Crippen molar-refractivity contribution in [2.45, 2.75) is 0 Å². The van der Waals surface area contributed by atoms with E-state index in [0.29, 0.717) is 21.0 Å². The zero-order valence-corrected chi connectivity index (χ0v) is 14.5. The summed E-state index contributed by atoms with van der Waals surface area (Å²) in [7, 11) is 0. The van der Waals surface area contributed by atoms with E-state index in [0.717, 1.165) is 11.4 Å². The fourth-order valence-corrected chi connectivity index (χ4v) is 3.17. The predicted molar refractivity (Wildman–Crippen MR) is 97.8 cm³/mol. The number of hydrogen-bond donors (Lipinski definition) is 2. The molecule has 8 heteroatoms. The Morgan fingerprint density at radius 1 is 1.17 bits per heavy atom. The van der Waals surface area contributed by atoms with Crippen molar-refractivity contribution < 1.29 is 5.11 Å². The van der Waals surface area contributed by atoms with E-state index in [4.69, 9.17) is 11.6 Å². The van der Waals surface area contributed by atoms with Gasteiger partial charge in [-0.3, -0.25) is 5.43 Å². The topological polar surface area (TPSA) is 63.5 Å². The number of aliphatic imine (C=N–C) groups is 1. The Bertz CT molecular complexity index is 897. The molecule has 0 saturated heterocycles. The Morgan fingerprint density at radius 3 is 2.75 bits per heavy atom. The van der Waals surface area contributed by atoms with E-state index >= 15 is 0 Å². The lowest BCUT2D eigenvalue weighted by atomic mass is 10.2. The monoisotopic (exact) mass is 403 g/mol. The van der Waals surface area contributed by atoms with E-state index in [9.17, 15) is 5.11 Å². The first-order valence-corrected chi connectivity index (χ1v) is 8.22. The van der Waals surface area contributed by atoms with Crippen LogP contribution in [0.1, 0.15) is 5.56 Å². The molecule has 24 heavy (non-hydrogen) atoms.